The van der Waals surface area contributed by atoms with Crippen LogP contribution < -0.4 is 22.3 Å². The van der Waals surface area contributed by atoms with E-state index in [4.69, 9.17) is 14.9 Å². The molecule has 2 heterocycles. The summed E-state index contributed by atoms with van der Waals surface area (Å²) in [5, 5.41) is 2.26. The highest BCUT2D eigenvalue weighted by Crippen LogP contribution is 2.09. The maximum atomic E-state index is 12.4. The summed E-state index contributed by atoms with van der Waals surface area (Å²) in [5.74, 6) is -2.62. The van der Waals surface area contributed by atoms with Crippen molar-refractivity contribution in [1.82, 2.24) is 14.5 Å². The Bertz CT molecular complexity index is 1030. The van der Waals surface area contributed by atoms with Crippen molar-refractivity contribution < 1.29 is 23.5 Å². The number of nitrogens with zero attached hydrogens (tertiary/aromatic N) is 2. The Morgan fingerprint density at radius 3 is 2.55 bits per heavy atom. The normalized spacial score (nSPS) is 10.8. The molecule has 1 amide bonds. The second kappa shape index (κ2) is 9.04. The molecule has 0 aliphatic rings. The predicted octanol–water partition coefficient (Wildman–Crippen LogP) is -0.466. The molecule has 0 saturated carbocycles. The van der Waals surface area contributed by atoms with Crippen molar-refractivity contribution in [2.75, 3.05) is 18.9 Å². The van der Waals surface area contributed by atoms with Crippen molar-refractivity contribution in [3.05, 3.63) is 50.6 Å². The number of aromatic nitrogens is 2. The second-order valence-corrected chi connectivity index (χ2v) is 6.66. The van der Waals surface area contributed by atoms with Gasteiger partial charge in [-0.2, -0.15) is 0 Å². The molecule has 2 rings (SSSR count). The van der Waals surface area contributed by atoms with Crippen LogP contribution >= 0.6 is 0 Å². The fourth-order valence-corrected chi connectivity index (χ4v) is 2.50. The predicted molar refractivity (Wildman–Crippen MR) is 102 cm³/mol. The lowest BCUT2D eigenvalue weighted by atomic mass is 10.1. The number of hydrogen-bond donors (Lipinski definition) is 2. The standard InChI is InChI=1S/C18H22N4O7/c1-10(2)8-22-15(19)14(17(26)21(3)18(22)27)11(23)9-29-13(24)7-20-16(25)12-5-4-6-28-12/h4-6,10H,7-9,19H2,1-3H3,(H,20,25). The summed E-state index contributed by atoms with van der Waals surface area (Å²) in [5.41, 5.74) is 3.93. The molecule has 156 valence electrons. The van der Waals surface area contributed by atoms with Crippen molar-refractivity contribution in [3.8, 4) is 0 Å². The van der Waals surface area contributed by atoms with Gasteiger partial charge in [0.2, 0.25) is 5.78 Å². The fraction of sp³-hybridized carbons (Fsp3) is 0.389. The highest BCUT2D eigenvalue weighted by molar-refractivity contribution is 6.01. The van der Waals surface area contributed by atoms with Crippen LogP contribution in [-0.2, 0) is 23.1 Å². The Hall–Kier alpha value is -3.63. The molecule has 0 radical (unpaired) electrons. The van der Waals surface area contributed by atoms with E-state index < -0.39 is 47.6 Å². The van der Waals surface area contributed by atoms with Crippen molar-refractivity contribution in [1.29, 1.82) is 0 Å². The summed E-state index contributed by atoms with van der Waals surface area (Å²) in [4.78, 5) is 60.4. The minimum Gasteiger partial charge on any atom is -0.459 e. The lowest BCUT2D eigenvalue weighted by Gasteiger charge is -2.16. The maximum absolute atomic E-state index is 12.4. The van der Waals surface area contributed by atoms with Crippen molar-refractivity contribution in [3.63, 3.8) is 0 Å². The van der Waals surface area contributed by atoms with Crippen LogP contribution in [0.25, 0.3) is 0 Å². The van der Waals surface area contributed by atoms with Gasteiger partial charge in [-0.15, -0.1) is 0 Å². The average Bonchev–Trinajstić information content (AvgIpc) is 3.21. The molecule has 0 spiro atoms. The molecular formula is C18H22N4O7. The molecule has 2 aromatic heterocycles. The molecule has 0 fully saturated rings. The van der Waals surface area contributed by atoms with Gasteiger partial charge in [0.25, 0.3) is 11.5 Å². The van der Waals surface area contributed by atoms with E-state index >= 15 is 0 Å². The molecule has 0 bridgehead atoms. The Morgan fingerprint density at radius 1 is 1.28 bits per heavy atom. The van der Waals surface area contributed by atoms with Gasteiger partial charge in [0.05, 0.1) is 6.26 Å². The van der Waals surface area contributed by atoms with Gasteiger partial charge in [0.1, 0.15) is 17.9 Å². The van der Waals surface area contributed by atoms with Crippen molar-refractivity contribution in [2.24, 2.45) is 13.0 Å². The number of ketones is 1. The number of nitrogens with one attached hydrogen (secondary N) is 1. The number of nitrogens with two attached hydrogens (primary N) is 1. The molecule has 0 unspecified atom stereocenters. The first-order chi connectivity index (χ1) is 13.6. The third kappa shape index (κ3) is 5.00. The van der Waals surface area contributed by atoms with E-state index in [9.17, 15) is 24.0 Å². The summed E-state index contributed by atoms with van der Waals surface area (Å²) in [6, 6.07) is 2.92. The van der Waals surface area contributed by atoms with Gasteiger partial charge in [0.15, 0.2) is 12.4 Å². The molecule has 29 heavy (non-hydrogen) atoms. The molecule has 0 atom stereocenters. The van der Waals surface area contributed by atoms with Crippen LogP contribution in [0.3, 0.4) is 0 Å². The number of amides is 1. The topological polar surface area (TPSA) is 156 Å². The van der Waals surface area contributed by atoms with E-state index in [0.29, 0.717) is 0 Å². The van der Waals surface area contributed by atoms with E-state index in [-0.39, 0.29) is 24.0 Å². The summed E-state index contributed by atoms with van der Waals surface area (Å²) < 4.78 is 11.6. The third-order valence-electron chi connectivity index (χ3n) is 3.91. The Kier molecular flexibility index (Phi) is 6.75. The number of rotatable bonds is 8. The molecule has 2 aromatic rings. The second-order valence-electron chi connectivity index (χ2n) is 6.66. The van der Waals surface area contributed by atoms with Crippen LogP contribution in [0.4, 0.5) is 5.82 Å². The number of nitrogen functional groups attached to an aromatic ring is 1. The van der Waals surface area contributed by atoms with Gasteiger partial charge in [-0.25, -0.2) is 4.79 Å². The number of ether oxygens (including phenoxy) is 1. The summed E-state index contributed by atoms with van der Waals surface area (Å²) in [6.45, 7) is 2.62. The molecular weight excluding hydrogens is 384 g/mol. The van der Waals surface area contributed by atoms with Crippen LogP contribution in [0.2, 0.25) is 0 Å². The Balaban J connectivity index is 2.07. The number of esters is 1. The Labute approximate surface area is 165 Å². The van der Waals surface area contributed by atoms with Crippen LogP contribution in [0.15, 0.2) is 32.4 Å². The van der Waals surface area contributed by atoms with Gasteiger partial charge >= 0.3 is 11.7 Å². The molecule has 11 nitrogen and oxygen atoms in total. The first-order valence-electron chi connectivity index (χ1n) is 8.73. The van der Waals surface area contributed by atoms with Gasteiger partial charge in [-0.3, -0.25) is 28.3 Å². The van der Waals surface area contributed by atoms with E-state index in [1.165, 1.54) is 25.4 Å². The molecule has 0 aromatic carbocycles. The van der Waals surface area contributed by atoms with Gasteiger partial charge in [-0.1, -0.05) is 13.8 Å². The maximum Gasteiger partial charge on any atom is 0.332 e. The quantitative estimate of drug-likeness (QED) is 0.440. The minimum absolute atomic E-state index is 0.0116. The summed E-state index contributed by atoms with van der Waals surface area (Å²) in [7, 11) is 1.23. The van der Waals surface area contributed by atoms with Gasteiger partial charge in [-0.05, 0) is 18.1 Å². The van der Waals surface area contributed by atoms with Crippen molar-refractivity contribution >= 4 is 23.5 Å². The lowest BCUT2D eigenvalue weighted by Crippen LogP contribution is -2.43. The monoisotopic (exact) mass is 406 g/mol. The van der Waals surface area contributed by atoms with E-state index in [2.05, 4.69) is 5.32 Å². The first-order valence-corrected chi connectivity index (χ1v) is 8.73. The SMILES string of the molecule is CC(C)Cn1c(N)c(C(=O)COC(=O)CNC(=O)c2ccco2)c(=O)n(C)c1=O. The van der Waals surface area contributed by atoms with Crippen LogP contribution in [0, 0.1) is 5.92 Å². The highest BCUT2D eigenvalue weighted by atomic mass is 16.5. The Morgan fingerprint density at radius 2 is 1.97 bits per heavy atom. The van der Waals surface area contributed by atoms with E-state index in [0.717, 1.165) is 9.13 Å². The highest BCUT2D eigenvalue weighted by Gasteiger charge is 2.23. The number of carbonyl (C=O) groups is 3. The van der Waals surface area contributed by atoms with Crippen molar-refractivity contribution in [2.45, 2.75) is 20.4 Å². The van der Waals surface area contributed by atoms with Crippen LogP contribution in [0.1, 0.15) is 34.8 Å². The average molecular weight is 406 g/mol. The third-order valence-corrected chi connectivity index (χ3v) is 3.91. The van der Waals surface area contributed by atoms with E-state index in [1.54, 1.807) is 0 Å². The zero-order chi connectivity index (χ0) is 21.7. The fourth-order valence-electron chi connectivity index (χ4n) is 2.50. The zero-order valence-electron chi connectivity index (χ0n) is 16.3. The molecule has 0 aliphatic carbocycles. The number of hydrogen-bond acceptors (Lipinski definition) is 8. The molecule has 0 aliphatic heterocycles. The minimum atomic E-state index is -0.899. The van der Waals surface area contributed by atoms with Gasteiger partial charge < -0.3 is 20.2 Å². The largest absolute Gasteiger partial charge is 0.459 e. The number of furan rings is 1. The van der Waals surface area contributed by atoms with Crippen LogP contribution in [0.5, 0.6) is 0 Å². The lowest BCUT2D eigenvalue weighted by molar-refractivity contribution is -0.141. The molecule has 3 N–H and O–H groups in total. The number of anilines is 1. The molecule has 11 heteroatoms. The zero-order valence-corrected chi connectivity index (χ0v) is 16.3. The van der Waals surface area contributed by atoms with Crippen LogP contribution in [-0.4, -0.2) is 39.9 Å². The van der Waals surface area contributed by atoms with Gasteiger partial charge in [0, 0.05) is 13.6 Å². The number of carbonyl (C=O) groups excluding carboxylic acids is 3. The number of Topliss-reactive ketones (excluding diaryl/α,β-unsaturated/α-hetero) is 1. The molecule has 0 saturated heterocycles. The summed E-state index contributed by atoms with van der Waals surface area (Å²) >= 11 is 0. The first kappa shape index (κ1) is 21.7. The smallest absolute Gasteiger partial charge is 0.332 e. The van der Waals surface area contributed by atoms with E-state index in [1.807, 2.05) is 13.8 Å². The summed E-state index contributed by atoms with van der Waals surface area (Å²) in [6.07, 6.45) is 1.30.